The molecule has 2 aliphatic rings. The van der Waals surface area contributed by atoms with E-state index in [4.69, 9.17) is 4.74 Å². The van der Waals surface area contributed by atoms with Crippen LogP contribution in [0.4, 0.5) is 10.1 Å². The first kappa shape index (κ1) is 21.1. The summed E-state index contributed by atoms with van der Waals surface area (Å²) in [7, 11) is 1.53. The number of carbonyl (C=O) groups is 2. The highest BCUT2D eigenvalue weighted by Crippen LogP contribution is 2.57. The number of carbonyl (C=O) groups excluding carboxylic acids is 2. The largest absolute Gasteiger partial charge is 0.481 e. The number of halogens is 1. The summed E-state index contributed by atoms with van der Waals surface area (Å²) in [4.78, 5) is 34.1. The number of likely N-dealkylation sites (tertiary alicyclic amines) is 1. The number of aromatic nitrogens is 1. The third kappa shape index (κ3) is 3.53. The van der Waals surface area contributed by atoms with Gasteiger partial charge in [0.2, 0.25) is 11.8 Å². The van der Waals surface area contributed by atoms with Crippen molar-refractivity contribution in [2.45, 2.75) is 18.9 Å². The highest BCUT2D eigenvalue weighted by atomic mass is 19.1. The quantitative estimate of drug-likeness (QED) is 0.564. The Morgan fingerprint density at radius 2 is 1.82 bits per heavy atom. The van der Waals surface area contributed by atoms with E-state index in [1.54, 1.807) is 34.1 Å². The second kappa shape index (κ2) is 8.31. The summed E-state index contributed by atoms with van der Waals surface area (Å²) in [6.07, 6.45) is 2.61. The second-order valence-electron chi connectivity index (χ2n) is 8.51. The first-order chi connectivity index (χ1) is 16.0. The SMILES string of the molecule is COc1ccc(C(=O)N2CCC3(CC2)C(=O)N(c2cccc(F)c2)C3c2ccccc2)cn1. The minimum Gasteiger partial charge on any atom is -0.481 e. The number of amides is 2. The third-order valence-electron chi connectivity index (χ3n) is 6.76. The summed E-state index contributed by atoms with van der Waals surface area (Å²) in [5, 5.41) is 0. The molecule has 2 saturated heterocycles. The number of piperidine rings is 1. The van der Waals surface area contributed by atoms with Crippen LogP contribution in [0.25, 0.3) is 0 Å². The van der Waals surface area contributed by atoms with Gasteiger partial charge in [-0.15, -0.1) is 0 Å². The van der Waals surface area contributed by atoms with E-state index < -0.39 is 5.41 Å². The van der Waals surface area contributed by atoms with Crippen molar-refractivity contribution >= 4 is 17.5 Å². The average molecular weight is 445 g/mol. The Morgan fingerprint density at radius 3 is 2.45 bits per heavy atom. The number of β-lactam (4-membered cyclic amide) rings is 1. The van der Waals surface area contributed by atoms with Crippen LogP contribution in [0.15, 0.2) is 72.9 Å². The number of nitrogens with zero attached hydrogens (tertiary/aromatic N) is 3. The zero-order valence-electron chi connectivity index (χ0n) is 18.3. The van der Waals surface area contributed by atoms with E-state index >= 15 is 0 Å². The number of hydrogen-bond donors (Lipinski definition) is 0. The number of benzene rings is 2. The molecule has 2 aromatic carbocycles. The van der Waals surface area contributed by atoms with Gasteiger partial charge in [0.25, 0.3) is 5.91 Å². The highest BCUT2D eigenvalue weighted by Gasteiger charge is 2.62. The van der Waals surface area contributed by atoms with Gasteiger partial charge in [0.15, 0.2) is 0 Å². The van der Waals surface area contributed by atoms with Gasteiger partial charge in [-0.3, -0.25) is 9.59 Å². The van der Waals surface area contributed by atoms with Gasteiger partial charge in [0, 0.05) is 31.0 Å². The number of hydrogen-bond acceptors (Lipinski definition) is 4. The molecule has 7 heteroatoms. The Labute approximate surface area is 191 Å². The summed E-state index contributed by atoms with van der Waals surface area (Å²) in [5.41, 5.74) is 1.46. The second-order valence-corrected chi connectivity index (χ2v) is 8.51. The van der Waals surface area contributed by atoms with Crippen molar-refractivity contribution in [3.05, 3.63) is 89.9 Å². The molecule has 1 atom stereocenters. The lowest BCUT2D eigenvalue weighted by Crippen LogP contribution is -2.67. The fourth-order valence-corrected chi connectivity index (χ4v) is 5.06. The molecular formula is C26H24FN3O3. The molecule has 3 aromatic rings. The summed E-state index contributed by atoms with van der Waals surface area (Å²) in [5.74, 6) is -0.0425. The summed E-state index contributed by atoms with van der Waals surface area (Å²) >= 11 is 0. The van der Waals surface area contributed by atoms with Crippen molar-refractivity contribution in [1.29, 1.82) is 0 Å². The van der Waals surface area contributed by atoms with Crippen LogP contribution in [0.2, 0.25) is 0 Å². The summed E-state index contributed by atoms with van der Waals surface area (Å²) < 4.78 is 19.0. The maximum atomic E-state index is 13.9. The monoisotopic (exact) mass is 445 g/mol. The maximum Gasteiger partial charge on any atom is 0.255 e. The lowest BCUT2D eigenvalue weighted by Gasteiger charge is -2.59. The molecule has 1 spiro atoms. The number of rotatable bonds is 4. The Balaban J connectivity index is 1.39. The van der Waals surface area contributed by atoms with E-state index in [1.165, 1.54) is 25.4 Å². The first-order valence-electron chi connectivity index (χ1n) is 11.0. The minimum atomic E-state index is -0.609. The van der Waals surface area contributed by atoms with E-state index in [1.807, 2.05) is 30.3 Å². The van der Waals surface area contributed by atoms with Gasteiger partial charge in [-0.25, -0.2) is 9.37 Å². The van der Waals surface area contributed by atoms with Gasteiger partial charge in [-0.1, -0.05) is 36.4 Å². The van der Waals surface area contributed by atoms with Crippen molar-refractivity contribution < 1.29 is 18.7 Å². The van der Waals surface area contributed by atoms with Crippen LogP contribution in [0.3, 0.4) is 0 Å². The molecular weight excluding hydrogens is 421 g/mol. The summed E-state index contributed by atoms with van der Waals surface area (Å²) in [6.45, 7) is 0.938. The zero-order chi connectivity index (χ0) is 23.0. The zero-order valence-corrected chi connectivity index (χ0v) is 18.3. The van der Waals surface area contributed by atoms with Gasteiger partial charge in [-0.2, -0.15) is 0 Å². The van der Waals surface area contributed by atoms with Crippen molar-refractivity contribution in [3.63, 3.8) is 0 Å². The van der Waals surface area contributed by atoms with Crippen LogP contribution in [-0.2, 0) is 4.79 Å². The van der Waals surface area contributed by atoms with E-state index in [2.05, 4.69) is 4.98 Å². The fraction of sp³-hybridized carbons (Fsp3) is 0.269. The predicted molar refractivity (Wildman–Crippen MR) is 121 cm³/mol. The molecule has 1 unspecified atom stereocenters. The Kier molecular flexibility index (Phi) is 5.32. The van der Waals surface area contributed by atoms with Crippen molar-refractivity contribution in [3.8, 4) is 5.88 Å². The van der Waals surface area contributed by atoms with Crippen LogP contribution in [0, 0.1) is 11.2 Å². The maximum absolute atomic E-state index is 13.9. The number of pyridine rings is 1. The number of anilines is 1. The molecule has 6 nitrogen and oxygen atoms in total. The topological polar surface area (TPSA) is 62.7 Å². The standard InChI is InChI=1S/C26H24FN3O3/c1-33-22-11-10-19(17-28-22)24(31)29-14-12-26(13-15-29)23(18-6-3-2-4-7-18)30(25(26)32)21-9-5-8-20(27)16-21/h2-11,16-17,23H,12-15H2,1H3. The molecule has 0 N–H and O–H groups in total. The van der Waals surface area contributed by atoms with Gasteiger partial charge >= 0.3 is 0 Å². The fourth-order valence-electron chi connectivity index (χ4n) is 5.06. The van der Waals surface area contributed by atoms with Crippen LogP contribution >= 0.6 is 0 Å². The molecule has 0 saturated carbocycles. The number of methoxy groups -OCH3 is 1. The molecule has 168 valence electrons. The smallest absolute Gasteiger partial charge is 0.255 e. The van der Waals surface area contributed by atoms with Gasteiger partial charge in [0.1, 0.15) is 5.82 Å². The molecule has 0 bridgehead atoms. The van der Waals surface area contributed by atoms with Crippen molar-refractivity contribution in [1.82, 2.24) is 9.88 Å². The predicted octanol–water partition coefficient (Wildman–Crippen LogP) is 4.24. The summed E-state index contributed by atoms with van der Waals surface area (Å²) in [6, 6.07) is 19.2. The molecule has 5 rings (SSSR count). The Morgan fingerprint density at radius 1 is 1.06 bits per heavy atom. The van der Waals surface area contributed by atoms with Crippen LogP contribution < -0.4 is 9.64 Å². The molecule has 0 radical (unpaired) electrons. The molecule has 2 amide bonds. The van der Waals surface area contributed by atoms with E-state index in [-0.39, 0.29) is 23.7 Å². The molecule has 0 aliphatic carbocycles. The van der Waals surface area contributed by atoms with Crippen LogP contribution in [-0.4, -0.2) is 41.9 Å². The van der Waals surface area contributed by atoms with Crippen molar-refractivity contribution in [2.24, 2.45) is 5.41 Å². The van der Waals surface area contributed by atoms with E-state index in [0.717, 1.165) is 5.56 Å². The minimum absolute atomic E-state index is 0.0137. The third-order valence-corrected chi connectivity index (χ3v) is 6.76. The van der Waals surface area contributed by atoms with Crippen molar-refractivity contribution in [2.75, 3.05) is 25.1 Å². The van der Waals surface area contributed by atoms with Gasteiger partial charge in [0.05, 0.1) is 24.1 Å². The van der Waals surface area contributed by atoms with Crippen LogP contribution in [0.1, 0.15) is 34.8 Å². The molecule has 2 aliphatic heterocycles. The van der Waals surface area contributed by atoms with E-state index in [9.17, 15) is 14.0 Å². The van der Waals surface area contributed by atoms with Gasteiger partial charge < -0.3 is 14.5 Å². The first-order valence-corrected chi connectivity index (χ1v) is 11.0. The van der Waals surface area contributed by atoms with E-state index in [0.29, 0.717) is 43.1 Å². The molecule has 33 heavy (non-hydrogen) atoms. The Bertz CT molecular complexity index is 1170. The van der Waals surface area contributed by atoms with Crippen LogP contribution in [0.5, 0.6) is 5.88 Å². The van der Waals surface area contributed by atoms with Gasteiger partial charge in [-0.05, 0) is 42.7 Å². The lowest BCUT2D eigenvalue weighted by atomic mass is 9.62. The highest BCUT2D eigenvalue weighted by molar-refractivity contribution is 6.06. The molecule has 2 fully saturated rings. The Hall–Kier alpha value is -3.74. The lowest BCUT2D eigenvalue weighted by molar-refractivity contribution is -0.144. The molecule has 1 aromatic heterocycles. The number of ether oxygens (including phenoxy) is 1. The average Bonchev–Trinajstić information content (AvgIpc) is 2.87. The molecule has 3 heterocycles. The normalized spacial score (nSPS) is 19.3.